The summed E-state index contributed by atoms with van der Waals surface area (Å²) < 4.78 is 0. The summed E-state index contributed by atoms with van der Waals surface area (Å²) in [6.45, 7) is 4.34. The lowest BCUT2D eigenvalue weighted by molar-refractivity contribution is -0.136. The van der Waals surface area contributed by atoms with Gasteiger partial charge in [0.15, 0.2) is 0 Å². The second kappa shape index (κ2) is 10.0. The molecule has 2 heterocycles. The zero-order valence-corrected chi connectivity index (χ0v) is 20.3. The van der Waals surface area contributed by atoms with Crippen LogP contribution in [0.5, 0.6) is 0 Å². The minimum atomic E-state index is -0.807. The van der Waals surface area contributed by atoms with Gasteiger partial charge in [0.2, 0.25) is 5.91 Å². The Kier molecular flexibility index (Phi) is 6.69. The molecule has 1 unspecified atom stereocenters. The highest BCUT2D eigenvalue weighted by Crippen LogP contribution is 2.27. The zero-order valence-electron chi connectivity index (χ0n) is 20.3. The minimum absolute atomic E-state index is 0.172. The van der Waals surface area contributed by atoms with Gasteiger partial charge in [-0.15, -0.1) is 0 Å². The molecule has 5 heteroatoms. The summed E-state index contributed by atoms with van der Waals surface area (Å²) in [6, 6.07) is 24.8. The fourth-order valence-electron chi connectivity index (χ4n) is 5.17. The molecule has 1 fully saturated rings. The smallest absolute Gasteiger partial charge is 0.223 e. The normalized spacial score (nSPS) is 18.4. The van der Waals surface area contributed by atoms with Crippen LogP contribution in [0.4, 0.5) is 0 Å². The average Bonchev–Trinajstić information content (AvgIpc) is 2.89. The number of benzene rings is 3. The number of carbonyl (C=O) groups is 1. The number of rotatable bonds is 6. The number of likely N-dealkylation sites (tertiary alicyclic amines) is 1. The molecule has 0 aromatic heterocycles. The van der Waals surface area contributed by atoms with Crippen LogP contribution in [-0.2, 0) is 4.79 Å². The summed E-state index contributed by atoms with van der Waals surface area (Å²) in [6.07, 6.45) is 5.76. The van der Waals surface area contributed by atoms with Crippen LogP contribution in [0, 0.1) is 0 Å². The van der Waals surface area contributed by atoms with Crippen molar-refractivity contribution in [1.82, 2.24) is 9.80 Å². The van der Waals surface area contributed by atoms with Crippen molar-refractivity contribution in [2.24, 2.45) is 4.99 Å². The van der Waals surface area contributed by atoms with Crippen LogP contribution in [0.15, 0.2) is 90.1 Å². The minimum Gasteiger partial charge on any atom is -0.388 e. The molecule has 2 aliphatic heterocycles. The third kappa shape index (κ3) is 5.30. The van der Waals surface area contributed by atoms with Gasteiger partial charge in [-0.2, -0.15) is 0 Å². The molecule has 3 aromatic rings. The van der Waals surface area contributed by atoms with Gasteiger partial charge in [-0.1, -0.05) is 79.7 Å². The number of nitrogens with zero attached hydrogens (tertiary/aromatic N) is 3. The van der Waals surface area contributed by atoms with E-state index in [2.05, 4.69) is 66.4 Å². The molecule has 2 aliphatic rings. The Hall–Kier alpha value is -3.44. The Bertz CT molecular complexity index is 1240. The van der Waals surface area contributed by atoms with Crippen molar-refractivity contribution < 1.29 is 9.90 Å². The van der Waals surface area contributed by atoms with Gasteiger partial charge in [-0.25, -0.2) is 0 Å². The highest BCUT2D eigenvalue weighted by Gasteiger charge is 2.35. The molecule has 0 aliphatic carbocycles. The molecule has 5 nitrogen and oxygen atoms in total. The molecule has 0 saturated carbocycles. The molecule has 0 bridgehead atoms. The molecule has 0 spiro atoms. The first kappa shape index (κ1) is 23.3. The molecule has 1 amide bonds. The van der Waals surface area contributed by atoms with Crippen molar-refractivity contribution in [3.05, 3.63) is 96.2 Å². The van der Waals surface area contributed by atoms with E-state index in [9.17, 15) is 9.90 Å². The van der Waals surface area contributed by atoms with Crippen molar-refractivity contribution in [3.63, 3.8) is 0 Å². The molecule has 180 valence electrons. The Morgan fingerprint density at radius 3 is 2.46 bits per heavy atom. The maximum Gasteiger partial charge on any atom is 0.223 e. The molecule has 1 N–H and O–H groups in total. The Morgan fingerprint density at radius 1 is 1.00 bits per heavy atom. The van der Waals surface area contributed by atoms with Crippen molar-refractivity contribution in [1.29, 1.82) is 0 Å². The number of hydrogen-bond donors (Lipinski definition) is 1. The summed E-state index contributed by atoms with van der Waals surface area (Å²) in [5, 5.41) is 13.6. The topological polar surface area (TPSA) is 56.1 Å². The van der Waals surface area contributed by atoms with Gasteiger partial charge < -0.3 is 14.9 Å². The van der Waals surface area contributed by atoms with Gasteiger partial charge in [0.05, 0.1) is 11.3 Å². The monoisotopic (exact) mass is 467 g/mol. The number of allylic oxidation sites excluding steroid dienone is 1. The third-order valence-corrected chi connectivity index (χ3v) is 7.33. The number of hydrogen-bond acceptors (Lipinski definition) is 4. The molecule has 35 heavy (non-hydrogen) atoms. The number of aliphatic imine (C=N–C) groups is 1. The number of fused-ring (bicyclic) bond motifs is 1. The summed E-state index contributed by atoms with van der Waals surface area (Å²) in [4.78, 5) is 21.7. The van der Waals surface area contributed by atoms with Crippen LogP contribution in [-0.4, -0.2) is 58.4 Å². The fraction of sp³-hybridized carbons (Fsp3) is 0.333. The number of carbonyl (C=O) groups excluding carboxylic acids is 1. The first-order valence-corrected chi connectivity index (χ1v) is 12.5. The number of piperidine rings is 1. The second-order valence-electron chi connectivity index (χ2n) is 9.90. The number of β-amino-alcohol motifs (C(OH)–C–C–N with tert-alkyl or cyclic N) is 1. The van der Waals surface area contributed by atoms with E-state index < -0.39 is 5.60 Å². The average molecular weight is 468 g/mol. The molecule has 5 rings (SSSR count). The summed E-state index contributed by atoms with van der Waals surface area (Å²) in [5.41, 5.74) is 2.49. The lowest BCUT2D eigenvalue weighted by atomic mass is 9.90. The van der Waals surface area contributed by atoms with Crippen LogP contribution in [0.25, 0.3) is 10.8 Å². The lowest BCUT2D eigenvalue weighted by Crippen LogP contribution is -2.51. The summed E-state index contributed by atoms with van der Waals surface area (Å²) in [7, 11) is 0. The highest BCUT2D eigenvalue weighted by atomic mass is 16.3. The quantitative estimate of drug-likeness (QED) is 0.557. The third-order valence-electron chi connectivity index (χ3n) is 7.33. The van der Waals surface area contributed by atoms with Crippen molar-refractivity contribution in [3.8, 4) is 0 Å². The van der Waals surface area contributed by atoms with Gasteiger partial charge in [-0.3, -0.25) is 9.79 Å². The highest BCUT2D eigenvalue weighted by molar-refractivity contribution is 6.16. The Morgan fingerprint density at radius 2 is 1.71 bits per heavy atom. The summed E-state index contributed by atoms with van der Waals surface area (Å²) in [5.74, 6) is 0.363. The van der Waals surface area contributed by atoms with Gasteiger partial charge in [0.1, 0.15) is 6.67 Å². The molecule has 1 atom stereocenters. The van der Waals surface area contributed by atoms with Gasteiger partial charge in [0, 0.05) is 37.8 Å². The molecule has 1 saturated heterocycles. The predicted molar refractivity (Wildman–Crippen MR) is 141 cm³/mol. The van der Waals surface area contributed by atoms with E-state index in [1.807, 2.05) is 35.4 Å². The van der Waals surface area contributed by atoms with Gasteiger partial charge >= 0.3 is 0 Å². The molecule has 3 aromatic carbocycles. The maximum absolute atomic E-state index is 12.9. The van der Waals surface area contributed by atoms with E-state index in [4.69, 9.17) is 4.99 Å². The largest absolute Gasteiger partial charge is 0.388 e. The Balaban J connectivity index is 1.15. The van der Waals surface area contributed by atoms with Crippen LogP contribution in [0.1, 0.15) is 43.2 Å². The van der Waals surface area contributed by atoms with Crippen LogP contribution in [0.3, 0.4) is 0 Å². The lowest BCUT2D eigenvalue weighted by Gasteiger charge is -2.41. The molecular formula is C30H33N3O2. The van der Waals surface area contributed by atoms with E-state index in [1.54, 1.807) is 0 Å². The van der Waals surface area contributed by atoms with E-state index in [-0.39, 0.29) is 11.8 Å². The van der Waals surface area contributed by atoms with Crippen molar-refractivity contribution in [2.45, 2.75) is 37.7 Å². The van der Waals surface area contributed by atoms with Crippen molar-refractivity contribution in [2.75, 3.05) is 26.3 Å². The van der Waals surface area contributed by atoms with Crippen LogP contribution in [0.2, 0.25) is 0 Å². The first-order chi connectivity index (χ1) is 17.0. The van der Waals surface area contributed by atoms with Crippen LogP contribution < -0.4 is 0 Å². The maximum atomic E-state index is 12.9. The summed E-state index contributed by atoms with van der Waals surface area (Å²) >= 11 is 0. The number of aliphatic hydroxyl groups is 1. The predicted octanol–water partition coefficient (Wildman–Crippen LogP) is 4.96. The van der Waals surface area contributed by atoms with Gasteiger partial charge in [-0.05, 0) is 41.2 Å². The van der Waals surface area contributed by atoms with Crippen molar-refractivity contribution >= 4 is 22.4 Å². The van der Waals surface area contributed by atoms with E-state index in [0.717, 1.165) is 11.3 Å². The molecular weight excluding hydrogens is 434 g/mol. The fourth-order valence-corrected chi connectivity index (χ4v) is 5.17. The zero-order chi connectivity index (χ0) is 24.3. The standard InChI is InChI=1S/C30H33N3O2/c1-23(24-8-3-2-4-9-24)20-29(34)33-18-15-30(35,16-19-33)21-32-17-14-28(31-22-32)27-13-7-11-25-10-5-6-12-26(25)27/h2-14,17,23,35H,15-16,18-22H2,1H3. The Labute approximate surface area is 207 Å². The second-order valence-corrected chi connectivity index (χ2v) is 9.90. The number of amides is 1. The van der Waals surface area contributed by atoms with E-state index in [1.165, 1.54) is 16.3 Å². The molecule has 0 radical (unpaired) electrons. The van der Waals surface area contributed by atoms with E-state index in [0.29, 0.717) is 45.6 Å². The van der Waals surface area contributed by atoms with E-state index >= 15 is 0 Å². The first-order valence-electron chi connectivity index (χ1n) is 12.5. The SMILES string of the molecule is CC(CC(=O)N1CCC(O)(CN2C=CC(c3cccc4ccccc34)=NC2)CC1)c1ccccc1. The van der Waals surface area contributed by atoms with Gasteiger partial charge in [0.25, 0.3) is 0 Å². The van der Waals surface area contributed by atoms with Crippen LogP contribution >= 0.6 is 0 Å².